The average Bonchev–Trinajstić information content (AvgIpc) is 2.82. The van der Waals surface area contributed by atoms with Gasteiger partial charge in [-0.15, -0.1) is 0 Å². The van der Waals surface area contributed by atoms with Crippen molar-refractivity contribution in [1.82, 2.24) is 0 Å². The molecule has 0 saturated carbocycles. The van der Waals surface area contributed by atoms with Gasteiger partial charge in [-0.3, -0.25) is 4.79 Å². The molecule has 0 aliphatic rings. The van der Waals surface area contributed by atoms with Crippen LogP contribution < -0.4 is 0 Å². The van der Waals surface area contributed by atoms with Crippen molar-refractivity contribution < 1.29 is 9.53 Å². The first-order valence-corrected chi connectivity index (χ1v) is 15.3. The summed E-state index contributed by atoms with van der Waals surface area (Å²) in [6.07, 6.45) is 30.7. The largest absolute Gasteiger partial charge is 0.465 e. The van der Waals surface area contributed by atoms with Crippen LogP contribution in [0.3, 0.4) is 0 Å². The molecule has 0 rings (SSSR count). The van der Waals surface area contributed by atoms with Gasteiger partial charge in [-0.2, -0.15) is 0 Å². The van der Waals surface area contributed by atoms with Gasteiger partial charge in [0.05, 0.1) is 12.0 Å². The van der Waals surface area contributed by atoms with Gasteiger partial charge >= 0.3 is 5.97 Å². The summed E-state index contributed by atoms with van der Waals surface area (Å²) in [4.78, 5) is 13.0. The fourth-order valence-electron chi connectivity index (χ4n) is 4.85. The molecule has 1 atom stereocenters. The highest BCUT2D eigenvalue weighted by Gasteiger charge is 2.33. The van der Waals surface area contributed by atoms with Gasteiger partial charge in [-0.1, -0.05) is 156 Å². The Bertz CT molecular complexity index is 406. The van der Waals surface area contributed by atoms with Gasteiger partial charge in [0.15, 0.2) is 0 Å². The van der Waals surface area contributed by atoms with Crippen molar-refractivity contribution in [1.29, 1.82) is 0 Å². The fourth-order valence-corrected chi connectivity index (χ4v) is 4.85. The molecule has 0 radical (unpaired) electrons. The lowest BCUT2D eigenvalue weighted by Gasteiger charge is -2.27. The summed E-state index contributed by atoms with van der Waals surface area (Å²) in [6, 6.07) is 0. The predicted molar refractivity (Wildman–Crippen MR) is 147 cm³/mol. The Labute approximate surface area is 209 Å². The molecule has 0 heterocycles. The fraction of sp³-hybridized carbons (Fsp3) is 0.968. The van der Waals surface area contributed by atoms with Crippen LogP contribution in [0.4, 0.5) is 0 Å². The van der Waals surface area contributed by atoms with Crippen molar-refractivity contribution in [2.75, 3.05) is 6.61 Å². The van der Waals surface area contributed by atoms with Gasteiger partial charge in [0.2, 0.25) is 0 Å². The lowest BCUT2D eigenvalue weighted by Crippen LogP contribution is -2.30. The van der Waals surface area contributed by atoms with E-state index < -0.39 is 0 Å². The number of rotatable bonds is 26. The van der Waals surface area contributed by atoms with E-state index in [1.807, 2.05) is 0 Å². The average molecular weight is 467 g/mol. The second-order valence-electron chi connectivity index (χ2n) is 10.9. The Hall–Kier alpha value is -0.530. The third kappa shape index (κ3) is 20.5. The second-order valence-corrected chi connectivity index (χ2v) is 10.9. The monoisotopic (exact) mass is 466 g/mol. The molecule has 0 saturated heterocycles. The topological polar surface area (TPSA) is 26.3 Å². The molecule has 2 heteroatoms. The van der Waals surface area contributed by atoms with E-state index in [0.29, 0.717) is 6.61 Å². The summed E-state index contributed by atoms with van der Waals surface area (Å²) in [7, 11) is 0. The molecule has 0 spiro atoms. The molecule has 1 unspecified atom stereocenters. The summed E-state index contributed by atoms with van der Waals surface area (Å²) < 4.78 is 5.81. The van der Waals surface area contributed by atoms with Crippen LogP contribution in [0.15, 0.2) is 0 Å². The standard InChI is InChI=1S/C31H62O2/c1-5-8-11-14-16-18-19-20-22-25-28-31(4,27-24-13-10-7-3)30(32)33-29-26-23-21-17-15-12-9-6-2/h5-29H2,1-4H3. The second kappa shape index (κ2) is 24.6. The van der Waals surface area contributed by atoms with Gasteiger partial charge in [-0.25, -0.2) is 0 Å². The lowest BCUT2D eigenvalue weighted by molar-refractivity contribution is -0.156. The summed E-state index contributed by atoms with van der Waals surface area (Å²) in [5.41, 5.74) is -0.270. The number of hydrogen-bond donors (Lipinski definition) is 0. The highest BCUT2D eigenvalue weighted by molar-refractivity contribution is 5.76. The Balaban J connectivity index is 4.10. The number of ether oxygens (including phenoxy) is 1. The number of carbonyl (C=O) groups excluding carboxylic acids is 1. The summed E-state index contributed by atoms with van der Waals surface area (Å²) in [6.45, 7) is 9.60. The Kier molecular flexibility index (Phi) is 24.2. The minimum Gasteiger partial charge on any atom is -0.465 e. The van der Waals surface area contributed by atoms with Crippen LogP contribution in [0.25, 0.3) is 0 Å². The van der Waals surface area contributed by atoms with Crippen molar-refractivity contribution >= 4 is 5.97 Å². The minimum atomic E-state index is -0.270. The van der Waals surface area contributed by atoms with Crippen LogP contribution in [0.2, 0.25) is 0 Å². The van der Waals surface area contributed by atoms with Gasteiger partial charge in [0.1, 0.15) is 0 Å². The summed E-state index contributed by atoms with van der Waals surface area (Å²) >= 11 is 0. The molecule has 2 nitrogen and oxygen atoms in total. The highest BCUT2D eigenvalue weighted by Crippen LogP contribution is 2.33. The molecule has 198 valence electrons. The molecule has 0 fully saturated rings. The van der Waals surface area contributed by atoms with Crippen molar-refractivity contribution in [3.63, 3.8) is 0 Å². The van der Waals surface area contributed by atoms with E-state index in [1.54, 1.807) is 0 Å². The zero-order valence-electron chi connectivity index (χ0n) is 23.5. The van der Waals surface area contributed by atoms with Gasteiger partial charge in [0, 0.05) is 0 Å². The molecule has 0 N–H and O–H groups in total. The molecular weight excluding hydrogens is 404 g/mol. The van der Waals surface area contributed by atoms with Crippen LogP contribution in [0.1, 0.15) is 182 Å². The Morgan fingerprint density at radius 2 is 0.788 bits per heavy atom. The summed E-state index contributed by atoms with van der Waals surface area (Å²) in [5, 5.41) is 0. The van der Waals surface area contributed by atoms with Crippen LogP contribution in [0, 0.1) is 5.41 Å². The maximum absolute atomic E-state index is 13.0. The maximum Gasteiger partial charge on any atom is 0.311 e. The third-order valence-electron chi connectivity index (χ3n) is 7.39. The van der Waals surface area contributed by atoms with Crippen LogP contribution >= 0.6 is 0 Å². The van der Waals surface area contributed by atoms with Crippen molar-refractivity contribution in [3.8, 4) is 0 Å². The first-order chi connectivity index (χ1) is 16.1. The van der Waals surface area contributed by atoms with E-state index in [9.17, 15) is 4.79 Å². The van der Waals surface area contributed by atoms with Crippen LogP contribution in [-0.4, -0.2) is 12.6 Å². The molecule has 0 aliphatic heterocycles. The van der Waals surface area contributed by atoms with Gasteiger partial charge in [0.25, 0.3) is 0 Å². The molecule has 0 aromatic heterocycles. The SMILES string of the molecule is CCCCCCCCCCCCC(C)(CCCCCC)C(=O)OCCCCCCCCCC. The predicted octanol–water partition coefficient (Wildman–Crippen LogP) is 11.0. The number of hydrogen-bond acceptors (Lipinski definition) is 2. The van der Waals surface area contributed by atoms with Crippen molar-refractivity contribution in [2.24, 2.45) is 5.41 Å². The van der Waals surface area contributed by atoms with E-state index >= 15 is 0 Å². The smallest absolute Gasteiger partial charge is 0.311 e. The van der Waals surface area contributed by atoms with E-state index in [1.165, 1.54) is 128 Å². The maximum atomic E-state index is 13.0. The molecule has 0 aromatic rings. The quantitative estimate of drug-likeness (QED) is 0.0935. The zero-order chi connectivity index (χ0) is 24.5. The van der Waals surface area contributed by atoms with Crippen LogP contribution in [0.5, 0.6) is 0 Å². The molecule has 0 aliphatic carbocycles. The summed E-state index contributed by atoms with van der Waals surface area (Å²) in [5.74, 6) is 0.0814. The molecule has 0 bridgehead atoms. The number of carbonyl (C=O) groups is 1. The van der Waals surface area contributed by atoms with Gasteiger partial charge in [-0.05, 0) is 26.2 Å². The highest BCUT2D eigenvalue weighted by atomic mass is 16.5. The Morgan fingerprint density at radius 1 is 0.485 bits per heavy atom. The Morgan fingerprint density at radius 3 is 1.18 bits per heavy atom. The zero-order valence-corrected chi connectivity index (χ0v) is 23.5. The molecule has 0 aromatic carbocycles. The van der Waals surface area contributed by atoms with Crippen LogP contribution in [-0.2, 0) is 9.53 Å². The van der Waals surface area contributed by atoms with Gasteiger partial charge < -0.3 is 4.74 Å². The minimum absolute atomic E-state index is 0.0814. The van der Waals surface area contributed by atoms with Crippen molar-refractivity contribution in [3.05, 3.63) is 0 Å². The van der Waals surface area contributed by atoms with Crippen molar-refractivity contribution in [2.45, 2.75) is 182 Å². The molecular formula is C31H62O2. The van der Waals surface area contributed by atoms with E-state index in [4.69, 9.17) is 4.74 Å². The normalized spacial score (nSPS) is 13.2. The molecule has 0 amide bonds. The lowest BCUT2D eigenvalue weighted by atomic mass is 9.79. The van der Waals surface area contributed by atoms with E-state index in [0.717, 1.165) is 25.7 Å². The third-order valence-corrected chi connectivity index (χ3v) is 7.39. The number of unbranched alkanes of at least 4 members (excludes halogenated alkanes) is 19. The first-order valence-electron chi connectivity index (χ1n) is 15.3. The molecule has 33 heavy (non-hydrogen) atoms. The van der Waals surface area contributed by atoms with E-state index in [-0.39, 0.29) is 11.4 Å². The van der Waals surface area contributed by atoms with E-state index in [2.05, 4.69) is 27.7 Å². The first kappa shape index (κ1) is 32.5. The number of esters is 1.